The molecular weight excluding hydrogens is 294 g/mol. The van der Waals surface area contributed by atoms with Gasteiger partial charge < -0.3 is 14.8 Å². The molecule has 1 saturated heterocycles. The Morgan fingerprint density at radius 3 is 2.39 bits per heavy atom. The molecule has 0 radical (unpaired) electrons. The lowest BCUT2D eigenvalue weighted by Gasteiger charge is -2.37. The summed E-state index contributed by atoms with van der Waals surface area (Å²) in [4.78, 5) is 16.3. The summed E-state index contributed by atoms with van der Waals surface area (Å²) >= 11 is 0. The molecule has 0 aliphatic carbocycles. The van der Waals surface area contributed by atoms with Gasteiger partial charge in [-0.1, -0.05) is 6.07 Å². The predicted molar refractivity (Wildman–Crippen MR) is 89.9 cm³/mol. The molecule has 23 heavy (non-hydrogen) atoms. The summed E-state index contributed by atoms with van der Waals surface area (Å²) < 4.78 is 10.6. The Balaban J connectivity index is 1.90. The first-order chi connectivity index (χ1) is 11.1. The average molecular weight is 321 g/mol. The van der Waals surface area contributed by atoms with Crippen LogP contribution in [0.1, 0.15) is 12.5 Å². The van der Waals surface area contributed by atoms with Crippen molar-refractivity contribution in [1.29, 1.82) is 0 Å². The minimum absolute atomic E-state index is 0.0665. The highest BCUT2D eigenvalue weighted by atomic mass is 16.5. The summed E-state index contributed by atoms with van der Waals surface area (Å²) in [6, 6.07) is 5.97. The van der Waals surface area contributed by atoms with E-state index in [1.165, 1.54) is 5.56 Å². The highest BCUT2D eigenvalue weighted by molar-refractivity contribution is 5.80. The van der Waals surface area contributed by atoms with Crippen LogP contribution in [0, 0.1) is 0 Å². The molecule has 1 N–H and O–H groups in total. The molecule has 128 valence electrons. The van der Waals surface area contributed by atoms with Crippen LogP contribution in [0.3, 0.4) is 0 Å². The molecule has 0 bridgehead atoms. The van der Waals surface area contributed by atoms with Crippen LogP contribution in [-0.4, -0.2) is 69.2 Å². The second-order valence-corrected chi connectivity index (χ2v) is 5.79. The topological polar surface area (TPSA) is 54.0 Å². The van der Waals surface area contributed by atoms with Crippen molar-refractivity contribution in [2.24, 2.45) is 0 Å². The Labute approximate surface area is 138 Å². The lowest BCUT2D eigenvalue weighted by atomic mass is 10.1. The molecule has 1 aromatic rings. The number of nitrogens with one attached hydrogen (secondary N) is 1. The van der Waals surface area contributed by atoms with Crippen molar-refractivity contribution in [2.75, 3.05) is 47.4 Å². The lowest BCUT2D eigenvalue weighted by Crippen LogP contribution is -2.53. The zero-order valence-corrected chi connectivity index (χ0v) is 14.5. The molecule has 1 aliphatic rings. The third kappa shape index (κ3) is 4.36. The van der Waals surface area contributed by atoms with Gasteiger partial charge >= 0.3 is 0 Å². The number of carbonyl (C=O) groups excluding carboxylic acids is 1. The Morgan fingerprint density at radius 2 is 1.83 bits per heavy atom. The van der Waals surface area contributed by atoms with Crippen molar-refractivity contribution < 1.29 is 14.3 Å². The largest absolute Gasteiger partial charge is 0.493 e. The maximum absolute atomic E-state index is 11.7. The van der Waals surface area contributed by atoms with Gasteiger partial charge in [0.1, 0.15) is 0 Å². The number of carbonyl (C=O) groups is 1. The maximum atomic E-state index is 11.7. The fourth-order valence-corrected chi connectivity index (χ4v) is 2.92. The van der Waals surface area contributed by atoms with Gasteiger partial charge in [-0.25, -0.2) is 0 Å². The van der Waals surface area contributed by atoms with Gasteiger partial charge in [0, 0.05) is 39.8 Å². The second kappa shape index (κ2) is 8.17. The van der Waals surface area contributed by atoms with E-state index < -0.39 is 0 Å². The first kappa shape index (κ1) is 17.6. The number of hydrogen-bond acceptors (Lipinski definition) is 5. The van der Waals surface area contributed by atoms with E-state index in [0.29, 0.717) is 0 Å². The van der Waals surface area contributed by atoms with Crippen molar-refractivity contribution in [3.8, 4) is 11.5 Å². The van der Waals surface area contributed by atoms with E-state index in [0.717, 1.165) is 44.2 Å². The molecule has 1 heterocycles. The summed E-state index contributed by atoms with van der Waals surface area (Å²) in [6.07, 6.45) is 0. The number of piperazine rings is 1. The highest BCUT2D eigenvalue weighted by Gasteiger charge is 2.24. The van der Waals surface area contributed by atoms with Gasteiger partial charge in [0.25, 0.3) is 0 Å². The number of ether oxygens (including phenoxy) is 2. The number of nitrogens with zero attached hydrogens (tertiary/aromatic N) is 2. The number of hydrogen-bond donors (Lipinski definition) is 1. The van der Waals surface area contributed by atoms with Crippen LogP contribution in [0.15, 0.2) is 18.2 Å². The van der Waals surface area contributed by atoms with E-state index >= 15 is 0 Å². The first-order valence-corrected chi connectivity index (χ1v) is 7.98. The van der Waals surface area contributed by atoms with E-state index in [1.54, 1.807) is 21.3 Å². The van der Waals surface area contributed by atoms with Gasteiger partial charge in [0.05, 0.1) is 20.3 Å². The van der Waals surface area contributed by atoms with Crippen molar-refractivity contribution in [3.05, 3.63) is 23.8 Å². The molecule has 0 aromatic heterocycles. The summed E-state index contributed by atoms with van der Waals surface area (Å²) in [5.74, 6) is 1.59. The van der Waals surface area contributed by atoms with Crippen molar-refractivity contribution >= 4 is 5.91 Å². The van der Waals surface area contributed by atoms with Crippen molar-refractivity contribution in [1.82, 2.24) is 15.1 Å². The van der Waals surface area contributed by atoms with E-state index in [-0.39, 0.29) is 11.9 Å². The van der Waals surface area contributed by atoms with Crippen LogP contribution in [0.2, 0.25) is 0 Å². The number of likely N-dealkylation sites (N-methyl/N-ethyl adjacent to an activating group) is 1. The molecule has 1 aliphatic heterocycles. The second-order valence-electron chi connectivity index (χ2n) is 5.79. The SMILES string of the molecule is CNC(=O)[C@@H](C)N1CCN(Cc2ccc(OC)c(OC)c2)CC1. The van der Waals surface area contributed by atoms with E-state index in [9.17, 15) is 4.79 Å². The van der Waals surface area contributed by atoms with Gasteiger partial charge in [-0.15, -0.1) is 0 Å². The number of methoxy groups -OCH3 is 2. The van der Waals surface area contributed by atoms with Gasteiger partial charge in [-0.2, -0.15) is 0 Å². The fraction of sp³-hybridized carbons (Fsp3) is 0.588. The average Bonchev–Trinajstić information content (AvgIpc) is 2.60. The van der Waals surface area contributed by atoms with Gasteiger partial charge in [-0.3, -0.25) is 14.6 Å². The molecule has 1 aromatic carbocycles. The number of rotatable bonds is 6. The molecule has 1 amide bonds. The van der Waals surface area contributed by atoms with Crippen molar-refractivity contribution in [3.63, 3.8) is 0 Å². The molecule has 6 heteroatoms. The predicted octanol–water partition coefficient (Wildman–Crippen LogP) is 0.956. The van der Waals surface area contributed by atoms with Crippen LogP contribution in [0.4, 0.5) is 0 Å². The quantitative estimate of drug-likeness (QED) is 0.846. The van der Waals surface area contributed by atoms with E-state index in [2.05, 4.69) is 21.2 Å². The van der Waals surface area contributed by atoms with Crippen LogP contribution >= 0.6 is 0 Å². The summed E-state index contributed by atoms with van der Waals surface area (Å²) in [7, 11) is 4.98. The Morgan fingerprint density at radius 1 is 1.17 bits per heavy atom. The zero-order chi connectivity index (χ0) is 16.8. The monoisotopic (exact) mass is 321 g/mol. The fourth-order valence-electron chi connectivity index (χ4n) is 2.92. The Bertz CT molecular complexity index is 528. The third-order valence-corrected chi connectivity index (χ3v) is 4.43. The third-order valence-electron chi connectivity index (χ3n) is 4.43. The van der Waals surface area contributed by atoms with Crippen LogP contribution < -0.4 is 14.8 Å². The Hall–Kier alpha value is -1.79. The minimum Gasteiger partial charge on any atom is -0.493 e. The number of benzene rings is 1. The minimum atomic E-state index is -0.0665. The van der Waals surface area contributed by atoms with Crippen LogP contribution in [0.25, 0.3) is 0 Å². The molecule has 2 rings (SSSR count). The van der Waals surface area contributed by atoms with Crippen LogP contribution in [0.5, 0.6) is 11.5 Å². The van der Waals surface area contributed by atoms with Gasteiger partial charge in [-0.05, 0) is 24.6 Å². The molecule has 0 unspecified atom stereocenters. The molecule has 1 atom stereocenters. The first-order valence-electron chi connectivity index (χ1n) is 7.98. The van der Waals surface area contributed by atoms with Gasteiger partial charge in [0.15, 0.2) is 11.5 Å². The molecule has 0 spiro atoms. The molecule has 6 nitrogen and oxygen atoms in total. The van der Waals surface area contributed by atoms with E-state index in [1.807, 2.05) is 19.1 Å². The molecule has 1 fully saturated rings. The number of amides is 1. The van der Waals surface area contributed by atoms with E-state index in [4.69, 9.17) is 9.47 Å². The summed E-state index contributed by atoms with van der Waals surface area (Å²) in [6.45, 7) is 6.56. The smallest absolute Gasteiger partial charge is 0.236 e. The molecular formula is C17H27N3O3. The maximum Gasteiger partial charge on any atom is 0.236 e. The molecule has 0 saturated carbocycles. The van der Waals surface area contributed by atoms with Crippen molar-refractivity contribution in [2.45, 2.75) is 19.5 Å². The Kier molecular flexibility index (Phi) is 6.24. The highest BCUT2D eigenvalue weighted by Crippen LogP contribution is 2.28. The standard InChI is InChI=1S/C17H27N3O3/c1-13(17(21)18-2)20-9-7-19(8-10-20)12-14-5-6-15(22-3)16(11-14)23-4/h5-6,11,13H,7-10,12H2,1-4H3,(H,18,21)/t13-/m1/s1. The zero-order valence-electron chi connectivity index (χ0n) is 14.5. The normalized spacial score (nSPS) is 17.6. The lowest BCUT2D eigenvalue weighted by molar-refractivity contribution is -0.126. The van der Waals surface area contributed by atoms with Crippen LogP contribution in [-0.2, 0) is 11.3 Å². The summed E-state index contributed by atoms with van der Waals surface area (Å²) in [5.41, 5.74) is 1.20. The summed E-state index contributed by atoms with van der Waals surface area (Å²) in [5, 5.41) is 2.72. The van der Waals surface area contributed by atoms with Gasteiger partial charge in [0.2, 0.25) is 5.91 Å².